The van der Waals surface area contributed by atoms with Crippen LogP contribution in [-0.4, -0.2) is 43.7 Å². The molecular weight excluding hydrogens is 299 g/mol. The molecule has 2 rings (SSSR count). The molecule has 0 aromatic heterocycles. The molecule has 1 aliphatic rings. The molecule has 1 aliphatic heterocycles. The first-order chi connectivity index (χ1) is 9.60. The second kappa shape index (κ2) is 7.27. The largest absolute Gasteiger partial charge is 0.383 e. The van der Waals surface area contributed by atoms with E-state index < -0.39 is 0 Å². The summed E-state index contributed by atoms with van der Waals surface area (Å²) in [6, 6.07) is 4.92. The lowest BCUT2D eigenvalue weighted by Crippen LogP contribution is -2.41. The van der Waals surface area contributed by atoms with E-state index in [1.165, 1.54) is 0 Å². The second-order valence-electron chi connectivity index (χ2n) is 4.83. The Balaban J connectivity index is 1.99. The van der Waals surface area contributed by atoms with Crippen molar-refractivity contribution in [1.82, 2.24) is 4.90 Å². The zero-order valence-corrected chi connectivity index (χ0v) is 12.9. The Morgan fingerprint density at radius 2 is 2.10 bits per heavy atom. The van der Waals surface area contributed by atoms with Gasteiger partial charge in [-0.1, -0.05) is 23.2 Å². The number of ether oxygens (including phenoxy) is 1. The molecular formula is C14H18Cl2N2O2. The van der Waals surface area contributed by atoms with Crippen molar-refractivity contribution in [2.24, 2.45) is 0 Å². The van der Waals surface area contributed by atoms with Gasteiger partial charge in [0.15, 0.2) is 0 Å². The lowest BCUT2D eigenvalue weighted by atomic mass is 10.2. The van der Waals surface area contributed by atoms with E-state index in [2.05, 4.69) is 10.2 Å². The number of methoxy groups -OCH3 is 1. The van der Waals surface area contributed by atoms with Crippen LogP contribution in [0.2, 0.25) is 10.0 Å². The predicted molar refractivity (Wildman–Crippen MR) is 81.6 cm³/mol. The number of anilines is 1. The van der Waals surface area contributed by atoms with Crippen molar-refractivity contribution in [1.29, 1.82) is 0 Å². The number of hydrogen-bond donors (Lipinski definition) is 1. The lowest BCUT2D eigenvalue weighted by Gasteiger charge is -2.23. The highest BCUT2D eigenvalue weighted by Gasteiger charge is 2.30. The van der Waals surface area contributed by atoms with Crippen molar-refractivity contribution in [2.75, 3.05) is 32.1 Å². The summed E-state index contributed by atoms with van der Waals surface area (Å²) in [6.45, 7) is 2.33. The third kappa shape index (κ3) is 4.09. The Hall–Kier alpha value is -0.810. The molecule has 1 amide bonds. The lowest BCUT2D eigenvalue weighted by molar-refractivity contribution is -0.120. The fraction of sp³-hybridized carbons (Fsp3) is 0.500. The number of likely N-dealkylation sites (tertiary alicyclic amines) is 1. The Morgan fingerprint density at radius 1 is 1.40 bits per heavy atom. The van der Waals surface area contributed by atoms with E-state index in [1.54, 1.807) is 25.3 Å². The first-order valence-electron chi connectivity index (χ1n) is 6.60. The third-order valence-electron chi connectivity index (χ3n) is 3.38. The quantitative estimate of drug-likeness (QED) is 0.907. The molecule has 1 aromatic rings. The highest BCUT2D eigenvalue weighted by molar-refractivity contribution is 6.35. The molecule has 0 aliphatic carbocycles. The number of nitrogens with zero attached hydrogens (tertiary/aromatic N) is 1. The fourth-order valence-corrected chi connectivity index (χ4v) is 2.98. The number of carbonyl (C=O) groups is 1. The van der Waals surface area contributed by atoms with Crippen LogP contribution in [0.15, 0.2) is 18.2 Å². The van der Waals surface area contributed by atoms with Gasteiger partial charge in [0, 0.05) is 29.4 Å². The summed E-state index contributed by atoms with van der Waals surface area (Å²) in [4.78, 5) is 14.5. The third-order valence-corrected chi connectivity index (χ3v) is 3.82. The maximum Gasteiger partial charge on any atom is 0.241 e. The number of halogens is 2. The van der Waals surface area contributed by atoms with Crippen LogP contribution < -0.4 is 5.32 Å². The molecule has 0 spiro atoms. The van der Waals surface area contributed by atoms with E-state index in [0.29, 0.717) is 22.3 Å². The van der Waals surface area contributed by atoms with Crippen molar-refractivity contribution < 1.29 is 9.53 Å². The maximum atomic E-state index is 12.3. The highest BCUT2D eigenvalue weighted by atomic mass is 35.5. The molecule has 0 bridgehead atoms. The average Bonchev–Trinajstić information content (AvgIpc) is 2.83. The van der Waals surface area contributed by atoms with Gasteiger partial charge in [0.2, 0.25) is 5.91 Å². The molecule has 0 saturated carbocycles. The molecule has 110 valence electrons. The smallest absolute Gasteiger partial charge is 0.241 e. The normalized spacial score (nSPS) is 19.2. The van der Waals surface area contributed by atoms with Crippen LogP contribution in [0.5, 0.6) is 0 Å². The molecule has 1 N–H and O–H groups in total. The first-order valence-corrected chi connectivity index (χ1v) is 7.35. The molecule has 4 nitrogen and oxygen atoms in total. The van der Waals surface area contributed by atoms with Gasteiger partial charge in [-0.3, -0.25) is 9.69 Å². The number of benzene rings is 1. The Morgan fingerprint density at radius 3 is 2.75 bits per heavy atom. The monoisotopic (exact) mass is 316 g/mol. The number of carbonyl (C=O) groups excluding carboxylic acids is 1. The minimum Gasteiger partial charge on any atom is -0.383 e. The summed E-state index contributed by atoms with van der Waals surface area (Å²) in [5.41, 5.74) is 0.631. The van der Waals surface area contributed by atoms with E-state index in [4.69, 9.17) is 27.9 Å². The molecule has 0 radical (unpaired) electrons. The summed E-state index contributed by atoms with van der Waals surface area (Å²) in [5, 5.41) is 3.90. The SMILES string of the molecule is COCCN1CCC[C@H]1C(=O)Nc1cc(Cl)cc(Cl)c1. The van der Waals surface area contributed by atoms with Crippen LogP contribution in [0.4, 0.5) is 5.69 Å². The highest BCUT2D eigenvalue weighted by Crippen LogP contribution is 2.24. The van der Waals surface area contributed by atoms with Crippen LogP contribution in [0, 0.1) is 0 Å². The van der Waals surface area contributed by atoms with E-state index in [0.717, 1.165) is 25.9 Å². The fourth-order valence-electron chi connectivity index (χ4n) is 2.45. The summed E-state index contributed by atoms with van der Waals surface area (Å²) >= 11 is 11.9. The Labute approximate surface area is 129 Å². The average molecular weight is 317 g/mol. The molecule has 6 heteroatoms. The molecule has 1 fully saturated rings. The molecule has 1 aromatic carbocycles. The standard InChI is InChI=1S/C14H18Cl2N2O2/c1-20-6-5-18-4-2-3-13(18)14(19)17-12-8-10(15)7-11(16)9-12/h7-9,13H,2-6H2,1H3,(H,17,19)/t13-/m0/s1. The van der Waals surface area contributed by atoms with Crippen LogP contribution in [0.3, 0.4) is 0 Å². The van der Waals surface area contributed by atoms with E-state index >= 15 is 0 Å². The second-order valence-corrected chi connectivity index (χ2v) is 5.71. The van der Waals surface area contributed by atoms with Gasteiger partial charge in [-0.05, 0) is 37.6 Å². The number of rotatable bonds is 5. The van der Waals surface area contributed by atoms with E-state index in [9.17, 15) is 4.79 Å². The van der Waals surface area contributed by atoms with Gasteiger partial charge in [0.25, 0.3) is 0 Å². The minimum absolute atomic E-state index is 0.0167. The zero-order valence-electron chi connectivity index (χ0n) is 11.4. The van der Waals surface area contributed by atoms with Crippen molar-refractivity contribution >= 4 is 34.8 Å². The van der Waals surface area contributed by atoms with Crippen molar-refractivity contribution in [3.63, 3.8) is 0 Å². The summed E-state index contributed by atoms with van der Waals surface area (Å²) < 4.78 is 5.07. The van der Waals surface area contributed by atoms with Gasteiger partial charge < -0.3 is 10.1 Å². The molecule has 20 heavy (non-hydrogen) atoms. The Kier molecular flexibility index (Phi) is 5.66. The summed E-state index contributed by atoms with van der Waals surface area (Å²) in [7, 11) is 1.67. The molecule has 1 atom stereocenters. The number of hydrogen-bond acceptors (Lipinski definition) is 3. The minimum atomic E-state index is -0.108. The number of nitrogens with one attached hydrogen (secondary N) is 1. The van der Waals surface area contributed by atoms with Crippen LogP contribution in [0.1, 0.15) is 12.8 Å². The van der Waals surface area contributed by atoms with Crippen molar-refractivity contribution in [2.45, 2.75) is 18.9 Å². The Bertz CT molecular complexity index is 462. The van der Waals surface area contributed by atoms with Crippen LogP contribution >= 0.6 is 23.2 Å². The van der Waals surface area contributed by atoms with Gasteiger partial charge in [0.05, 0.1) is 12.6 Å². The summed E-state index contributed by atoms with van der Waals surface area (Å²) in [5.74, 6) is -0.0167. The maximum absolute atomic E-state index is 12.3. The van der Waals surface area contributed by atoms with Gasteiger partial charge in [-0.2, -0.15) is 0 Å². The molecule has 1 heterocycles. The van der Waals surface area contributed by atoms with Crippen LogP contribution in [-0.2, 0) is 9.53 Å². The topological polar surface area (TPSA) is 41.6 Å². The number of amides is 1. The van der Waals surface area contributed by atoms with Gasteiger partial charge in [-0.15, -0.1) is 0 Å². The predicted octanol–water partition coefficient (Wildman–Crippen LogP) is 3.04. The molecule has 1 saturated heterocycles. The first kappa shape index (κ1) is 15.6. The summed E-state index contributed by atoms with van der Waals surface area (Å²) in [6.07, 6.45) is 1.89. The van der Waals surface area contributed by atoms with E-state index in [-0.39, 0.29) is 11.9 Å². The van der Waals surface area contributed by atoms with Crippen molar-refractivity contribution in [3.05, 3.63) is 28.2 Å². The van der Waals surface area contributed by atoms with Crippen molar-refractivity contribution in [3.8, 4) is 0 Å². The zero-order chi connectivity index (χ0) is 14.5. The van der Waals surface area contributed by atoms with Gasteiger partial charge >= 0.3 is 0 Å². The molecule has 0 unspecified atom stereocenters. The van der Waals surface area contributed by atoms with Gasteiger partial charge in [-0.25, -0.2) is 0 Å². The van der Waals surface area contributed by atoms with E-state index in [1.807, 2.05) is 0 Å². The van der Waals surface area contributed by atoms with Gasteiger partial charge in [0.1, 0.15) is 0 Å². The van der Waals surface area contributed by atoms with Crippen LogP contribution in [0.25, 0.3) is 0 Å².